The first-order chi connectivity index (χ1) is 28.3. The zero-order valence-electron chi connectivity index (χ0n) is 36.6. The normalized spacial score (nSPS) is 37.0. The first kappa shape index (κ1) is 47.0. The lowest BCUT2D eigenvalue weighted by molar-refractivity contribution is -0.290. The third-order valence-electron chi connectivity index (χ3n) is 12.8. The molecule has 332 valence electrons. The molecular formula is C45H65FN4O10. The van der Waals surface area contributed by atoms with Gasteiger partial charge in [0, 0.05) is 62.3 Å². The number of hydrogen-bond donors (Lipinski definition) is 2. The zero-order chi connectivity index (χ0) is 44.2. The number of unbranched alkanes of at least 4 members (excludes halogenated alkanes) is 1. The van der Waals surface area contributed by atoms with Gasteiger partial charge >= 0.3 is 12.1 Å². The number of rotatable bonds is 13. The molecule has 13 atom stereocenters. The van der Waals surface area contributed by atoms with Gasteiger partial charge in [0.25, 0.3) is 5.67 Å². The number of Topliss-reactive ketones (excluding diaryl/α,β-unsaturated/α-hetero) is 2. The molecule has 60 heavy (non-hydrogen) atoms. The summed E-state index contributed by atoms with van der Waals surface area (Å²) < 4.78 is 49.5. The van der Waals surface area contributed by atoms with Crippen LogP contribution >= 0.6 is 0 Å². The number of esters is 1. The van der Waals surface area contributed by atoms with E-state index in [9.17, 15) is 24.3 Å². The number of aliphatic hydroxyl groups is 1. The van der Waals surface area contributed by atoms with Crippen LogP contribution in [-0.4, -0.2) is 123 Å². The second-order valence-electron chi connectivity index (χ2n) is 17.4. The number of ketones is 2. The van der Waals surface area contributed by atoms with E-state index in [-0.39, 0.29) is 31.3 Å². The molecule has 15 heteroatoms. The monoisotopic (exact) mass is 840 g/mol. The second kappa shape index (κ2) is 19.4. The molecule has 5 rings (SSSR count). The number of halogens is 1. The number of ether oxygens (including phenoxy) is 5. The summed E-state index contributed by atoms with van der Waals surface area (Å²) in [5.74, 6) is -5.82. The number of hydrogen-bond acceptors (Lipinski definition) is 12. The molecule has 3 fully saturated rings. The van der Waals surface area contributed by atoms with Crippen molar-refractivity contribution in [2.45, 2.75) is 154 Å². The Morgan fingerprint density at radius 2 is 1.73 bits per heavy atom. The fourth-order valence-corrected chi connectivity index (χ4v) is 9.48. The van der Waals surface area contributed by atoms with Gasteiger partial charge in [-0.25, -0.2) is 19.0 Å². The predicted molar refractivity (Wildman–Crippen MR) is 221 cm³/mol. The summed E-state index contributed by atoms with van der Waals surface area (Å²) in [6, 6.07) is 8.45. The molecule has 1 amide bonds. The van der Waals surface area contributed by atoms with E-state index < -0.39 is 89.2 Å². The van der Waals surface area contributed by atoms with Crippen molar-refractivity contribution in [1.82, 2.24) is 19.8 Å². The number of aliphatic hydroxyl groups excluding tert-OH is 1. The number of aryl methyl sites for hydroxylation is 1. The van der Waals surface area contributed by atoms with Gasteiger partial charge in [0.05, 0.1) is 35.9 Å². The highest BCUT2D eigenvalue weighted by molar-refractivity contribution is 6.08. The summed E-state index contributed by atoms with van der Waals surface area (Å²) in [4.78, 5) is 62.8. The molecule has 14 nitrogen and oxygen atoms in total. The third-order valence-corrected chi connectivity index (χ3v) is 12.8. The van der Waals surface area contributed by atoms with Crippen LogP contribution in [0.1, 0.15) is 87.5 Å². The van der Waals surface area contributed by atoms with Gasteiger partial charge in [0.1, 0.15) is 18.0 Å². The molecular weight excluding hydrogens is 776 g/mol. The molecule has 3 saturated heterocycles. The number of nitrogens with zero attached hydrogens (tertiary/aromatic N) is 3. The largest absolute Gasteiger partial charge is 0.455 e. The molecule has 4 heterocycles. The van der Waals surface area contributed by atoms with Crippen LogP contribution in [-0.2, 0) is 44.6 Å². The van der Waals surface area contributed by atoms with E-state index in [1.807, 2.05) is 48.0 Å². The summed E-state index contributed by atoms with van der Waals surface area (Å²) in [7, 11) is 1.40. The number of cyclic esters (lactones) is 1. The van der Waals surface area contributed by atoms with Crippen LogP contribution in [0.3, 0.4) is 0 Å². The highest BCUT2D eigenvalue weighted by Gasteiger charge is 2.61. The number of carbonyl (C=O) groups is 4. The number of carbonyl (C=O) groups excluding carboxylic acids is 4. The zero-order valence-corrected chi connectivity index (χ0v) is 36.6. The summed E-state index contributed by atoms with van der Waals surface area (Å²) >= 11 is 0. The second-order valence-corrected chi connectivity index (χ2v) is 17.4. The predicted octanol–water partition coefficient (Wildman–Crippen LogP) is 5.84. The maximum absolute atomic E-state index is 16.9. The van der Waals surface area contributed by atoms with Crippen LogP contribution in [0.4, 0.5) is 9.18 Å². The van der Waals surface area contributed by atoms with Gasteiger partial charge in [0.15, 0.2) is 17.7 Å². The van der Waals surface area contributed by atoms with Crippen LogP contribution in [0.5, 0.6) is 0 Å². The van der Waals surface area contributed by atoms with Crippen LogP contribution in [0.2, 0.25) is 0 Å². The van der Waals surface area contributed by atoms with Gasteiger partial charge in [-0.05, 0) is 59.8 Å². The number of fused-ring (bicyclic) bond motifs is 1. The van der Waals surface area contributed by atoms with Gasteiger partial charge in [0.2, 0.25) is 0 Å². The van der Waals surface area contributed by atoms with Gasteiger partial charge in [-0.3, -0.25) is 9.59 Å². The Hall–Kier alpha value is -4.02. The third kappa shape index (κ3) is 9.70. The van der Waals surface area contributed by atoms with E-state index in [0.717, 1.165) is 18.2 Å². The molecule has 1 aromatic heterocycles. The standard InChI is InChI=1S/C45H65FN4O10/c1-11-20-47-32-23-28(4)57-40(36(32)52)59-39-30(6)38(53)44(8,46)41(54)58-34(12-2)45(9)37(29(5)35(51)27(3)24-43(39,7)56-10)50(42(55)60-45)22-17-16-21-49-25-33(48-26-49)31-18-14-13-15-19-31/h11,13-15,18-19,25-30,32,34,36-37,39-40,47,52H,1,12,16-17,20-24H2,2-10H3/t27-,28-,29+,30+,32+,34-,36+,37?,39-,40+,43-,44+,45-/m1/s1. The molecule has 0 saturated carbocycles. The maximum Gasteiger partial charge on any atom is 0.410 e. The molecule has 3 aliphatic rings. The number of amides is 1. The van der Waals surface area contributed by atoms with E-state index in [0.29, 0.717) is 32.4 Å². The molecule has 3 aliphatic heterocycles. The van der Waals surface area contributed by atoms with Gasteiger partial charge in [-0.2, -0.15) is 0 Å². The van der Waals surface area contributed by atoms with Crippen molar-refractivity contribution >= 4 is 23.6 Å². The summed E-state index contributed by atoms with van der Waals surface area (Å²) in [5.41, 5.74) is -4.39. The highest BCUT2D eigenvalue weighted by Crippen LogP contribution is 2.43. The lowest BCUT2D eigenvalue weighted by atomic mass is 9.73. The van der Waals surface area contributed by atoms with Crippen molar-refractivity contribution in [2.24, 2.45) is 17.8 Å². The molecule has 2 N–H and O–H groups in total. The van der Waals surface area contributed by atoms with Gasteiger partial charge < -0.3 is 43.6 Å². The minimum atomic E-state index is -3.19. The number of aromatic nitrogens is 2. The Kier molecular flexibility index (Phi) is 15.2. The van der Waals surface area contributed by atoms with Crippen molar-refractivity contribution in [3.05, 3.63) is 55.5 Å². The summed E-state index contributed by atoms with van der Waals surface area (Å²) in [5, 5.41) is 14.6. The first-order valence-corrected chi connectivity index (χ1v) is 21.3. The van der Waals surface area contributed by atoms with Crippen molar-refractivity contribution in [2.75, 3.05) is 20.2 Å². The van der Waals surface area contributed by atoms with Crippen LogP contribution in [0.15, 0.2) is 55.5 Å². The number of alkyl halides is 1. The Labute approximate surface area is 353 Å². The van der Waals surface area contributed by atoms with Crippen molar-refractivity contribution in [3.63, 3.8) is 0 Å². The van der Waals surface area contributed by atoms with Crippen molar-refractivity contribution in [1.29, 1.82) is 0 Å². The quantitative estimate of drug-likeness (QED) is 0.107. The van der Waals surface area contributed by atoms with Crippen LogP contribution in [0.25, 0.3) is 11.3 Å². The molecule has 0 aliphatic carbocycles. The van der Waals surface area contributed by atoms with E-state index in [1.165, 1.54) is 18.9 Å². The highest BCUT2D eigenvalue weighted by atomic mass is 19.1. The van der Waals surface area contributed by atoms with E-state index in [2.05, 4.69) is 16.9 Å². The van der Waals surface area contributed by atoms with Crippen LogP contribution < -0.4 is 5.32 Å². The minimum Gasteiger partial charge on any atom is -0.455 e. The van der Waals surface area contributed by atoms with Crippen molar-refractivity contribution in [3.8, 4) is 11.3 Å². The summed E-state index contributed by atoms with van der Waals surface area (Å²) in [6.45, 7) is 17.5. The molecule has 1 unspecified atom stereocenters. The molecule has 0 radical (unpaired) electrons. The maximum atomic E-state index is 16.9. The number of nitrogens with one attached hydrogen (secondary N) is 1. The Morgan fingerprint density at radius 1 is 1.05 bits per heavy atom. The van der Waals surface area contributed by atoms with E-state index in [1.54, 1.807) is 47.0 Å². The lowest BCUT2D eigenvalue weighted by Gasteiger charge is -2.46. The molecule has 1 aromatic carbocycles. The number of methoxy groups -OCH3 is 1. The Bertz CT molecular complexity index is 1830. The van der Waals surface area contributed by atoms with Crippen molar-refractivity contribution < 1.29 is 52.4 Å². The molecule has 0 spiro atoms. The average Bonchev–Trinajstić information content (AvgIpc) is 3.80. The number of benzene rings is 1. The molecule has 0 bridgehead atoms. The van der Waals surface area contributed by atoms with E-state index in [4.69, 9.17) is 23.7 Å². The summed E-state index contributed by atoms with van der Waals surface area (Å²) in [6.07, 6.45) is 1.03. The first-order valence-electron chi connectivity index (χ1n) is 21.3. The van der Waals surface area contributed by atoms with Gasteiger partial charge in [-0.1, -0.05) is 64.1 Å². The fourth-order valence-electron chi connectivity index (χ4n) is 9.48. The van der Waals surface area contributed by atoms with Gasteiger partial charge in [-0.15, -0.1) is 6.58 Å². The SMILES string of the molecule is C=CCN[C@H]1C[C@@H](C)O[C@@H](O[C@@H]2[C@@H](C)C(=O)[C@](C)(F)C(=O)O[C@H](CC)[C@@]3(C)OC(=O)N(CCCCn4cnc(-c5ccccc5)c4)C3[C@@H](C)C(=O)[C@H](C)C[C@@]2(C)OC)[C@H]1O. The fraction of sp³-hybridized carbons (Fsp3) is 0.667. The van der Waals surface area contributed by atoms with Crippen LogP contribution in [0, 0.1) is 17.8 Å². The number of imidazole rings is 1. The smallest absolute Gasteiger partial charge is 0.410 e. The minimum absolute atomic E-state index is 0.00969. The lowest BCUT2D eigenvalue weighted by Crippen LogP contribution is -2.62. The Balaban J connectivity index is 1.45. The Morgan fingerprint density at radius 3 is 2.38 bits per heavy atom. The molecule has 2 aromatic rings. The van der Waals surface area contributed by atoms with E-state index >= 15 is 4.39 Å². The topological polar surface area (TPSA) is 168 Å². The average molecular weight is 841 g/mol.